The molecule has 0 saturated heterocycles. The maximum atomic E-state index is 3.45. The van der Waals surface area contributed by atoms with Crippen molar-refractivity contribution in [2.24, 2.45) is 0 Å². The first kappa shape index (κ1) is 11.8. The fraction of sp³-hybridized carbons (Fsp3) is 0. The Hall–Kier alpha value is -2.86. The molecule has 0 aliphatic carbocycles. The molecule has 0 atom stereocenters. The van der Waals surface area contributed by atoms with E-state index < -0.39 is 0 Å². The van der Waals surface area contributed by atoms with Crippen molar-refractivity contribution in [1.29, 1.82) is 0 Å². The van der Waals surface area contributed by atoms with Crippen molar-refractivity contribution in [3.63, 3.8) is 0 Å². The van der Waals surface area contributed by atoms with Crippen LogP contribution in [0.2, 0.25) is 0 Å². The van der Waals surface area contributed by atoms with E-state index in [2.05, 4.69) is 78.9 Å². The van der Waals surface area contributed by atoms with E-state index >= 15 is 0 Å². The van der Waals surface area contributed by atoms with E-state index in [1.807, 2.05) is 6.07 Å². The summed E-state index contributed by atoms with van der Waals surface area (Å²) in [7, 11) is 0. The lowest BCUT2D eigenvalue weighted by Gasteiger charge is -2.11. The first-order valence-corrected chi connectivity index (χ1v) is 7.55. The second-order valence-corrected chi connectivity index (χ2v) is 5.75. The lowest BCUT2D eigenvalue weighted by molar-refractivity contribution is 1.77. The Balaban J connectivity index is 2.17. The van der Waals surface area contributed by atoms with Gasteiger partial charge in [-0.25, -0.2) is 0 Å². The minimum atomic E-state index is 1.21. The van der Waals surface area contributed by atoms with E-state index in [0.29, 0.717) is 0 Å². The Morgan fingerprint density at radius 1 is 0.500 bits per heavy atom. The molecule has 0 aromatic heterocycles. The predicted molar refractivity (Wildman–Crippen MR) is 95.3 cm³/mol. The zero-order chi connectivity index (χ0) is 14.5. The first-order chi connectivity index (χ1) is 10.9. The molecule has 5 aromatic rings. The largest absolute Gasteiger partial charge is 0.0616 e. The minimum Gasteiger partial charge on any atom is -0.0616 e. The van der Waals surface area contributed by atoms with Gasteiger partial charge >= 0.3 is 0 Å². The molecule has 0 N–H and O–H groups in total. The van der Waals surface area contributed by atoms with Crippen LogP contribution in [-0.2, 0) is 0 Å². The van der Waals surface area contributed by atoms with Crippen molar-refractivity contribution in [3.05, 3.63) is 84.9 Å². The predicted octanol–water partition coefficient (Wildman–Crippen LogP) is 6.10. The Labute approximate surface area is 128 Å². The molecule has 0 aliphatic rings. The monoisotopic (exact) mass is 277 g/mol. The van der Waals surface area contributed by atoms with Crippen LogP contribution in [0.25, 0.3) is 43.1 Å². The zero-order valence-corrected chi connectivity index (χ0v) is 12.0. The molecule has 5 rings (SSSR count). The van der Waals surface area contributed by atoms with E-state index in [1.54, 1.807) is 0 Å². The Morgan fingerprint density at radius 2 is 1.09 bits per heavy atom. The van der Waals surface area contributed by atoms with E-state index in [-0.39, 0.29) is 0 Å². The summed E-state index contributed by atoms with van der Waals surface area (Å²) in [6, 6.07) is 31.6. The van der Waals surface area contributed by atoms with Crippen molar-refractivity contribution in [2.45, 2.75) is 0 Å². The second-order valence-electron chi connectivity index (χ2n) is 5.75. The smallest absolute Gasteiger partial charge is 0.00199 e. The maximum Gasteiger partial charge on any atom is -0.00199 e. The Morgan fingerprint density at radius 3 is 1.86 bits per heavy atom. The average Bonchev–Trinajstić information content (AvgIpc) is 2.61. The molecule has 22 heavy (non-hydrogen) atoms. The molecule has 5 aromatic carbocycles. The van der Waals surface area contributed by atoms with Crippen LogP contribution in [0.5, 0.6) is 0 Å². The molecule has 0 nitrogen and oxygen atoms in total. The summed E-state index contributed by atoms with van der Waals surface area (Å²) in [4.78, 5) is 0. The van der Waals surface area contributed by atoms with Crippen LogP contribution < -0.4 is 0 Å². The molecular weight excluding hydrogens is 264 g/mol. The first-order valence-electron chi connectivity index (χ1n) is 7.55. The quantitative estimate of drug-likeness (QED) is 0.237. The normalized spacial score (nSPS) is 11.6. The van der Waals surface area contributed by atoms with Crippen molar-refractivity contribution >= 4 is 43.1 Å². The van der Waals surface area contributed by atoms with Crippen LogP contribution in [0.1, 0.15) is 0 Å². The maximum absolute atomic E-state index is 3.45. The van der Waals surface area contributed by atoms with Crippen LogP contribution in [0.3, 0.4) is 0 Å². The highest BCUT2D eigenvalue weighted by Gasteiger charge is 2.08. The van der Waals surface area contributed by atoms with Crippen LogP contribution in [-0.4, -0.2) is 0 Å². The molecule has 0 heteroatoms. The number of benzene rings is 5. The van der Waals surface area contributed by atoms with Gasteiger partial charge in [0.1, 0.15) is 0 Å². The van der Waals surface area contributed by atoms with Crippen LogP contribution in [0.15, 0.2) is 78.9 Å². The summed E-state index contributed by atoms with van der Waals surface area (Å²) in [5.74, 6) is 0. The van der Waals surface area contributed by atoms with Gasteiger partial charge in [-0.1, -0.05) is 66.7 Å². The molecule has 0 saturated carbocycles. The summed E-state index contributed by atoms with van der Waals surface area (Å²) < 4.78 is 0. The van der Waals surface area contributed by atoms with Crippen molar-refractivity contribution < 1.29 is 0 Å². The van der Waals surface area contributed by atoms with Crippen molar-refractivity contribution in [1.82, 2.24) is 0 Å². The molecule has 0 fully saturated rings. The molecule has 101 valence electrons. The SMILES string of the molecule is [c]1cccc2c1c1cc3ccccc3cc1c1ccccc21. The lowest BCUT2D eigenvalue weighted by Crippen LogP contribution is -1.84. The Kier molecular flexibility index (Phi) is 2.31. The molecule has 1 radical (unpaired) electrons. The van der Waals surface area contributed by atoms with Gasteiger partial charge in [0.25, 0.3) is 0 Å². The average molecular weight is 277 g/mol. The van der Waals surface area contributed by atoms with Gasteiger partial charge in [0.15, 0.2) is 0 Å². The highest BCUT2D eigenvalue weighted by molar-refractivity contribution is 6.27. The number of fused-ring (bicyclic) bond motifs is 7. The molecule has 0 heterocycles. The highest BCUT2D eigenvalue weighted by Crippen LogP contribution is 2.36. The minimum absolute atomic E-state index is 1.21. The van der Waals surface area contributed by atoms with Crippen LogP contribution >= 0.6 is 0 Å². The highest BCUT2D eigenvalue weighted by atomic mass is 14.1. The topological polar surface area (TPSA) is 0 Å². The third-order valence-corrected chi connectivity index (χ3v) is 4.52. The second kappa shape index (κ2) is 4.32. The molecule has 0 aliphatic heterocycles. The number of hydrogen-bond donors (Lipinski definition) is 0. The van der Waals surface area contributed by atoms with Crippen molar-refractivity contribution in [3.8, 4) is 0 Å². The number of rotatable bonds is 0. The molecule has 0 spiro atoms. The molecular formula is C22H13. The third-order valence-electron chi connectivity index (χ3n) is 4.52. The molecule has 0 bridgehead atoms. The van der Waals surface area contributed by atoms with Gasteiger partial charge in [-0.2, -0.15) is 0 Å². The summed E-state index contributed by atoms with van der Waals surface area (Å²) in [5.41, 5.74) is 0. The van der Waals surface area contributed by atoms with E-state index in [1.165, 1.54) is 43.1 Å². The van der Waals surface area contributed by atoms with Gasteiger partial charge in [-0.15, -0.1) is 0 Å². The van der Waals surface area contributed by atoms with Gasteiger partial charge in [0.05, 0.1) is 0 Å². The fourth-order valence-electron chi connectivity index (χ4n) is 3.51. The van der Waals surface area contributed by atoms with Gasteiger partial charge in [0.2, 0.25) is 0 Å². The summed E-state index contributed by atoms with van der Waals surface area (Å²) in [5, 5.41) is 10.3. The lowest BCUT2D eigenvalue weighted by atomic mass is 9.92. The van der Waals surface area contributed by atoms with Gasteiger partial charge in [-0.3, -0.25) is 0 Å². The zero-order valence-electron chi connectivity index (χ0n) is 12.0. The number of hydrogen-bond acceptors (Lipinski definition) is 0. The summed E-state index contributed by atoms with van der Waals surface area (Å²) in [6.07, 6.45) is 0. The molecule has 0 amide bonds. The Bertz CT molecular complexity index is 1070. The van der Waals surface area contributed by atoms with Gasteiger partial charge in [0, 0.05) is 0 Å². The molecule has 0 unspecified atom stereocenters. The van der Waals surface area contributed by atoms with E-state index in [4.69, 9.17) is 0 Å². The third kappa shape index (κ3) is 1.52. The van der Waals surface area contributed by atoms with E-state index in [0.717, 1.165) is 0 Å². The fourth-order valence-corrected chi connectivity index (χ4v) is 3.51. The van der Waals surface area contributed by atoms with Gasteiger partial charge < -0.3 is 0 Å². The van der Waals surface area contributed by atoms with Crippen molar-refractivity contribution in [2.75, 3.05) is 0 Å². The summed E-state index contributed by atoms with van der Waals surface area (Å²) in [6.45, 7) is 0. The summed E-state index contributed by atoms with van der Waals surface area (Å²) >= 11 is 0. The standard InChI is InChI=1S/C22H13/c1-2-8-16-14-22-20-12-6-4-10-18(20)17-9-3-5-11-19(17)21(22)13-15(16)7-1/h1-11,13-14H. The van der Waals surface area contributed by atoms with Crippen LogP contribution in [0.4, 0.5) is 0 Å². The van der Waals surface area contributed by atoms with E-state index in [9.17, 15) is 0 Å². The van der Waals surface area contributed by atoms with Gasteiger partial charge in [-0.05, 0) is 61.3 Å². The van der Waals surface area contributed by atoms with Crippen LogP contribution in [0, 0.1) is 6.07 Å².